The number of aliphatic hydroxyl groups excluding tert-OH is 1. The van der Waals surface area contributed by atoms with Crippen molar-refractivity contribution in [1.82, 2.24) is 9.80 Å². The number of piperidine rings is 2. The molecule has 1 aromatic rings. The first kappa shape index (κ1) is 14.8. The molecule has 2 saturated heterocycles. The molecule has 1 aromatic heterocycles. The van der Waals surface area contributed by atoms with Crippen LogP contribution in [0.2, 0.25) is 4.34 Å². The molecule has 5 heteroatoms. The maximum Gasteiger partial charge on any atom is 0.0931 e. The SMILES string of the molecule is CN1CC[C@H](O)[C@@]2(CCCN(Cc3ccc(Cl)s3)C2)C1. The minimum absolute atomic E-state index is 0.0757. The molecule has 0 saturated carbocycles. The summed E-state index contributed by atoms with van der Waals surface area (Å²) in [6.07, 6.45) is 3.10. The standard InChI is InChI=1S/C15H23ClN2OS/c1-17-8-5-13(19)15(10-17)6-2-7-18(11-15)9-12-3-4-14(16)20-12/h3-4,13,19H,2,5-11H2,1H3/t13-,15-/m0/s1. The fourth-order valence-corrected chi connectivity index (χ4v) is 4.95. The van der Waals surface area contributed by atoms with Gasteiger partial charge in [0.25, 0.3) is 0 Å². The molecule has 2 aliphatic heterocycles. The largest absolute Gasteiger partial charge is 0.392 e. The third-order valence-electron chi connectivity index (χ3n) is 4.77. The van der Waals surface area contributed by atoms with E-state index in [9.17, 15) is 5.11 Å². The van der Waals surface area contributed by atoms with Crippen LogP contribution < -0.4 is 0 Å². The molecular weight excluding hydrogens is 292 g/mol. The quantitative estimate of drug-likeness (QED) is 0.909. The third-order valence-corrected chi connectivity index (χ3v) is 5.99. The second-order valence-corrected chi connectivity index (χ2v) is 8.22. The highest BCUT2D eigenvalue weighted by Gasteiger charge is 2.44. The number of halogens is 1. The van der Waals surface area contributed by atoms with Gasteiger partial charge in [-0.3, -0.25) is 4.90 Å². The zero-order valence-electron chi connectivity index (χ0n) is 12.0. The molecule has 3 rings (SSSR count). The second-order valence-electron chi connectivity index (χ2n) is 6.42. The van der Waals surface area contributed by atoms with E-state index in [0.717, 1.165) is 49.9 Å². The van der Waals surface area contributed by atoms with Gasteiger partial charge in [0, 0.05) is 36.5 Å². The van der Waals surface area contributed by atoms with Crippen LogP contribution in [-0.2, 0) is 6.54 Å². The van der Waals surface area contributed by atoms with Crippen LogP contribution in [0.15, 0.2) is 12.1 Å². The molecular formula is C15H23ClN2OS. The summed E-state index contributed by atoms with van der Waals surface area (Å²) in [6.45, 7) is 5.15. The van der Waals surface area contributed by atoms with E-state index in [2.05, 4.69) is 22.9 Å². The van der Waals surface area contributed by atoms with E-state index in [1.807, 2.05) is 6.07 Å². The van der Waals surface area contributed by atoms with Crippen molar-refractivity contribution in [3.8, 4) is 0 Å². The summed E-state index contributed by atoms with van der Waals surface area (Å²) in [5.41, 5.74) is 0.0757. The molecule has 2 aliphatic rings. The Kier molecular flexibility index (Phi) is 4.39. The third kappa shape index (κ3) is 3.04. The van der Waals surface area contributed by atoms with Crippen molar-refractivity contribution in [3.05, 3.63) is 21.3 Å². The van der Waals surface area contributed by atoms with Crippen LogP contribution in [0.25, 0.3) is 0 Å². The molecule has 0 radical (unpaired) electrons. The normalized spacial score (nSPS) is 32.9. The van der Waals surface area contributed by atoms with Gasteiger partial charge in [0.15, 0.2) is 0 Å². The maximum absolute atomic E-state index is 10.5. The molecule has 0 aliphatic carbocycles. The summed E-state index contributed by atoms with van der Waals surface area (Å²) < 4.78 is 0.865. The monoisotopic (exact) mass is 314 g/mol. The van der Waals surface area contributed by atoms with Crippen LogP contribution in [0.5, 0.6) is 0 Å². The molecule has 112 valence electrons. The fourth-order valence-electron chi connectivity index (χ4n) is 3.82. The first-order valence-electron chi connectivity index (χ1n) is 7.41. The van der Waals surface area contributed by atoms with Gasteiger partial charge in [-0.1, -0.05) is 11.6 Å². The number of hydrogen-bond donors (Lipinski definition) is 1. The molecule has 20 heavy (non-hydrogen) atoms. The minimum atomic E-state index is -0.145. The Bertz CT molecular complexity index is 466. The zero-order valence-corrected chi connectivity index (χ0v) is 13.6. The highest BCUT2D eigenvalue weighted by Crippen LogP contribution is 2.39. The fraction of sp³-hybridized carbons (Fsp3) is 0.733. The maximum atomic E-state index is 10.5. The number of nitrogens with zero attached hydrogens (tertiary/aromatic N) is 2. The van der Waals surface area contributed by atoms with E-state index in [1.54, 1.807) is 11.3 Å². The Balaban J connectivity index is 1.69. The Morgan fingerprint density at radius 3 is 3.00 bits per heavy atom. The molecule has 0 unspecified atom stereocenters. The Morgan fingerprint density at radius 2 is 2.25 bits per heavy atom. The lowest BCUT2D eigenvalue weighted by atomic mass is 9.71. The Hall–Kier alpha value is -0.130. The van der Waals surface area contributed by atoms with Gasteiger partial charge >= 0.3 is 0 Å². The molecule has 1 N–H and O–H groups in total. The molecule has 0 bridgehead atoms. The smallest absolute Gasteiger partial charge is 0.0931 e. The first-order valence-corrected chi connectivity index (χ1v) is 8.60. The number of aliphatic hydroxyl groups is 1. The topological polar surface area (TPSA) is 26.7 Å². The number of rotatable bonds is 2. The lowest BCUT2D eigenvalue weighted by Gasteiger charge is -2.50. The van der Waals surface area contributed by atoms with E-state index >= 15 is 0 Å². The van der Waals surface area contributed by atoms with Gasteiger partial charge in [-0.05, 0) is 45.0 Å². The second kappa shape index (κ2) is 5.93. The summed E-state index contributed by atoms with van der Waals surface area (Å²) >= 11 is 7.68. The molecule has 3 nitrogen and oxygen atoms in total. The number of likely N-dealkylation sites (tertiary alicyclic amines) is 2. The lowest BCUT2D eigenvalue weighted by Crippen LogP contribution is -2.58. The van der Waals surface area contributed by atoms with Gasteiger partial charge in [0.1, 0.15) is 0 Å². The van der Waals surface area contributed by atoms with Crippen LogP contribution in [0, 0.1) is 5.41 Å². The average molecular weight is 315 g/mol. The van der Waals surface area contributed by atoms with Gasteiger partial charge in [-0.2, -0.15) is 0 Å². The summed E-state index contributed by atoms with van der Waals surface area (Å²) in [4.78, 5) is 6.19. The molecule has 2 fully saturated rings. The van der Waals surface area contributed by atoms with Crippen LogP contribution >= 0.6 is 22.9 Å². The van der Waals surface area contributed by atoms with E-state index in [4.69, 9.17) is 11.6 Å². The van der Waals surface area contributed by atoms with Gasteiger partial charge in [-0.15, -0.1) is 11.3 Å². The van der Waals surface area contributed by atoms with Crippen LogP contribution in [0.3, 0.4) is 0 Å². The highest BCUT2D eigenvalue weighted by atomic mass is 35.5. The Labute approximate surface area is 130 Å². The van der Waals surface area contributed by atoms with Crippen molar-refractivity contribution in [2.24, 2.45) is 5.41 Å². The van der Waals surface area contributed by atoms with E-state index in [1.165, 1.54) is 11.3 Å². The molecule has 0 amide bonds. The average Bonchev–Trinajstić information content (AvgIpc) is 2.80. The molecule has 2 atom stereocenters. The van der Waals surface area contributed by atoms with Gasteiger partial charge in [0.05, 0.1) is 10.4 Å². The predicted molar refractivity (Wildman–Crippen MR) is 84.4 cm³/mol. The van der Waals surface area contributed by atoms with Crippen molar-refractivity contribution in [1.29, 1.82) is 0 Å². The predicted octanol–water partition coefficient (Wildman–Crippen LogP) is 2.68. The van der Waals surface area contributed by atoms with Gasteiger partial charge in [-0.25, -0.2) is 0 Å². The minimum Gasteiger partial charge on any atom is -0.392 e. The summed E-state index contributed by atoms with van der Waals surface area (Å²) in [5, 5.41) is 10.5. The summed E-state index contributed by atoms with van der Waals surface area (Å²) in [5.74, 6) is 0. The van der Waals surface area contributed by atoms with E-state index in [-0.39, 0.29) is 11.5 Å². The summed E-state index contributed by atoms with van der Waals surface area (Å²) in [6, 6.07) is 4.10. The van der Waals surface area contributed by atoms with Crippen LogP contribution in [0.1, 0.15) is 24.1 Å². The number of thiophene rings is 1. The molecule has 1 spiro atoms. The Morgan fingerprint density at radius 1 is 1.40 bits per heavy atom. The summed E-state index contributed by atoms with van der Waals surface area (Å²) in [7, 11) is 2.17. The lowest BCUT2D eigenvalue weighted by molar-refractivity contribution is -0.0806. The van der Waals surface area contributed by atoms with Crippen LogP contribution in [0.4, 0.5) is 0 Å². The van der Waals surface area contributed by atoms with Crippen molar-refractivity contribution in [2.75, 3.05) is 33.2 Å². The van der Waals surface area contributed by atoms with Crippen LogP contribution in [-0.4, -0.2) is 54.2 Å². The molecule has 0 aromatic carbocycles. The van der Waals surface area contributed by atoms with Crippen molar-refractivity contribution >= 4 is 22.9 Å². The van der Waals surface area contributed by atoms with Crippen molar-refractivity contribution in [3.63, 3.8) is 0 Å². The van der Waals surface area contributed by atoms with Crippen molar-refractivity contribution < 1.29 is 5.11 Å². The zero-order chi connectivity index (χ0) is 14.2. The van der Waals surface area contributed by atoms with E-state index in [0.29, 0.717) is 0 Å². The van der Waals surface area contributed by atoms with Gasteiger partial charge in [0.2, 0.25) is 0 Å². The highest BCUT2D eigenvalue weighted by molar-refractivity contribution is 7.16. The van der Waals surface area contributed by atoms with E-state index < -0.39 is 0 Å². The molecule has 3 heterocycles. The number of hydrogen-bond acceptors (Lipinski definition) is 4. The van der Waals surface area contributed by atoms with Crippen molar-refractivity contribution in [2.45, 2.75) is 31.9 Å². The first-order chi connectivity index (χ1) is 9.57. The van der Waals surface area contributed by atoms with Gasteiger partial charge < -0.3 is 10.0 Å².